The maximum absolute atomic E-state index is 12.6. The molecule has 0 unspecified atom stereocenters. The number of rotatable bonds is 2. The first-order valence-corrected chi connectivity index (χ1v) is 8.51. The van der Waals surface area contributed by atoms with Crippen LogP contribution in [-0.4, -0.2) is 35.1 Å². The van der Waals surface area contributed by atoms with Crippen molar-refractivity contribution in [2.24, 2.45) is 0 Å². The maximum Gasteiger partial charge on any atom is 0.410 e. The van der Waals surface area contributed by atoms with Gasteiger partial charge in [-0.2, -0.15) is 5.26 Å². The second kappa shape index (κ2) is 7.22. The summed E-state index contributed by atoms with van der Waals surface area (Å²) in [7, 11) is 0. The first-order chi connectivity index (χ1) is 11.2. The molecule has 24 heavy (non-hydrogen) atoms. The molecule has 7 heteroatoms. The van der Waals surface area contributed by atoms with Crippen LogP contribution >= 0.6 is 15.9 Å². The Kier molecular flexibility index (Phi) is 5.50. The Bertz CT molecular complexity index is 691. The van der Waals surface area contributed by atoms with Gasteiger partial charge < -0.3 is 10.1 Å². The maximum atomic E-state index is 12.6. The molecule has 1 aromatic carbocycles. The fourth-order valence-corrected chi connectivity index (χ4v) is 2.96. The predicted molar refractivity (Wildman–Crippen MR) is 93.4 cm³/mol. The average molecular weight is 394 g/mol. The third-order valence-corrected chi connectivity index (χ3v) is 4.20. The third kappa shape index (κ3) is 4.48. The van der Waals surface area contributed by atoms with Gasteiger partial charge in [0.25, 0.3) is 0 Å². The van der Waals surface area contributed by atoms with Crippen LogP contribution in [0, 0.1) is 11.3 Å². The summed E-state index contributed by atoms with van der Waals surface area (Å²) in [5.41, 5.74) is 0.461. The molecule has 2 rings (SSSR count). The molecule has 0 aromatic heterocycles. The summed E-state index contributed by atoms with van der Waals surface area (Å²) in [6.07, 6.45) is 0.879. The first-order valence-electron chi connectivity index (χ1n) is 7.71. The summed E-state index contributed by atoms with van der Waals surface area (Å²) in [5.74, 6) is -0.260. The van der Waals surface area contributed by atoms with Gasteiger partial charge in [-0.1, -0.05) is 0 Å². The van der Waals surface area contributed by atoms with Crippen LogP contribution in [0.1, 0.15) is 39.2 Å². The predicted octanol–water partition coefficient (Wildman–Crippen LogP) is 3.66. The number of nitriles is 1. The molecule has 1 aromatic rings. The largest absolute Gasteiger partial charge is 0.444 e. The minimum Gasteiger partial charge on any atom is -0.444 e. The Morgan fingerprint density at radius 2 is 2.12 bits per heavy atom. The molecule has 0 aliphatic carbocycles. The molecule has 0 bridgehead atoms. The van der Waals surface area contributed by atoms with Gasteiger partial charge >= 0.3 is 6.09 Å². The van der Waals surface area contributed by atoms with E-state index in [1.54, 1.807) is 39.0 Å². The molecular formula is C17H20BrN3O3. The molecule has 0 saturated carbocycles. The van der Waals surface area contributed by atoms with Crippen LogP contribution in [0.15, 0.2) is 22.7 Å². The summed E-state index contributed by atoms with van der Waals surface area (Å²) < 4.78 is 5.99. The molecule has 1 saturated heterocycles. The SMILES string of the molecule is CC(C)(C)OC(=O)N1CCC[C@@H]1C(=O)Nc1ccc(C#N)cc1Br. The molecular weight excluding hydrogens is 374 g/mol. The number of hydrogen-bond acceptors (Lipinski definition) is 4. The molecule has 6 nitrogen and oxygen atoms in total. The van der Waals surface area contributed by atoms with Gasteiger partial charge in [-0.05, 0) is 67.7 Å². The summed E-state index contributed by atoms with van der Waals surface area (Å²) in [6.45, 7) is 5.89. The van der Waals surface area contributed by atoms with Gasteiger partial charge in [0.1, 0.15) is 11.6 Å². The quantitative estimate of drug-likeness (QED) is 0.830. The van der Waals surface area contributed by atoms with E-state index < -0.39 is 17.7 Å². The number of benzene rings is 1. The second-order valence-electron chi connectivity index (χ2n) is 6.63. The lowest BCUT2D eigenvalue weighted by molar-refractivity contribution is -0.120. The zero-order valence-electron chi connectivity index (χ0n) is 13.9. The molecule has 2 amide bonds. The lowest BCUT2D eigenvalue weighted by Crippen LogP contribution is -2.45. The van der Waals surface area contributed by atoms with Crippen molar-refractivity contribution < 1.29 is 14.3 Å². The second-order valence-corrected chi connectivity index (χ2v) is 7.48. The van der Waals surface area contributed by atoms with Crippen LogP contribution in [0.4, 0.5) is 10.5 Å². The number of carbonyl (C=O) groups is 2. The zero-order chi connectivity index (χ0) is 17.9. The van der Waals surface area contributed by atoms with E-state index in [4.69, 9.17) is 10.00 Å². The van der Waals surface area contributed by atoms with E-state index in [1.165, 1.54) is 4.90 Å². The molecule has 1 aliphatic heterocycles. The first kappa shape index (κ1) is 18.3. The highest BCUT2D eigenvalue weighted by Gasteiger charge is 2.36. The van der Waals surface area contributed by atoms with Gasteiger partial charge in [-0.15, -0.1) is 0 Å². The van der Waals surface area contributed by atoms with Gasteiger partial charge in [-0.25, -0.2) is 4.79 Å². The van der Waals surface area contributed by atoms with E-state index in [0.717, 1.165) is 6.42 Å². The Hall–Kier alpha value is -2.07. The van der Waals surface area contributed by atoms with Crippen LogP contribution in [0.5, 0.6) is 0 Å². The monoisotopic (exact) mass is 393 g/mol. The summed E-state index contributed by atoms with van der Waals surface area (Å²) in [6, 6.07) is 6.40. The summed E-state index contributed by atoms with van der Waals surface area (Å²) in [5, 5.41) is 11.7. The minimum atomic E-state index is -0.600. The Morgan fingerprint density at radius 3 is 2.71 bits per heavy atom. The van der Waals surface area contributed by atoms with Gasteiger partial charge in [-0.3, -0.25) is 9.69 Å². The van der Waals surface area contributed by atoms with E-state index in [2.05, 4.69) is 21.2 Å². The molecule has 0 radical (unpaired) electrons. The van der Waals surface area contributed by atoms with Gasteiger partial charge in [0.15, 0.2) is 0 Å². The van der Waals surface area contributed by atoms with Crippen molar-refractivity contribution in [2.45, 2.75) is 45.3 Å². The number of anilines is 1. The van der Waals surface area contributed by atoms with E-state index in [0.29, 0.717) is 28.7 Å². The number of ether oxygens (including phenoxy) is 1. The van der Waals surface area contributed by atoms with Gasteiger partial charge in [0.05, 0.1) is 17.3 Å². The highest BCUT2D eigenvalue weighted by molar-refractivity contribution is 9.10. The normalized spacial score (nSPS) is 17.3. The van der Waals surface area contributed by atoms with Crippen molar-refractivity contribution in [1.29, 1.82) is 5.26 Å². The summed E-state index contributed by atoms with van der Waals surface area (Å²) in [4.78, 5) is 26.3. The van der Waals surface area contributed by atoms with Crippen LogP contribution in [0.3, 0.4) is 0 Å². The number of hydrogen-bond donors (Lipinski definition) is 1. The Balaban J connectivity index is 2.08. The zero-order valence-corrected chi connectivity index (χ0v) is 15.5. The Morgan fingerprint density at radius 1 is 1.42 bits per heavy atom. The van der Waals surface area contributed by atoms with E-state index in [-0.39, 0.29) is 5.91 Å². The van der Waals surface area contributed by atoms with Gasteiger partial charge in [0, 0.05) is 11.0 Å². The highest BCUT2D eigenvalue weighted by Crippen LogP contribution is 2.26. The highest BCUT2D eigenvalue weighted by atomic mass is 79.9. The fourth-order valence-electron chi connectivity index (χ4n) is 2.48. The van der Waals surface area contributed by atoms with E-state index in [1.807, 2.05) is 6.07 Å². The number of amides is 2. The van der Waals surface area contributed by atoms with Crippen molar-refractivity contribution >= 4 is 33.6 Å². The van der Waals surface area contributed by atoms with Crippen molar-refractivity contribution in [2.75, 3.05) is 11.9 Å². The molecule has 0 spiro atoms. The number of nitrogens with one attached hydrogen (secondary N) is 1. The smallest absolute Gasteiger partial charge is 0.410 e. The van der Waals surface area contributed by atoms with Crippen molar-refractivity contribution in [3.8, 4) is 6.07 Å². The molecule has 1 N–H and O–H groups in total. The van der Waals surface area contributed by atoms with Crippen molar-refractivity contribution in [1.82, 2.24) is 4.90 Å². The lowest BCUT2D eigenvalue weighted by Gasteiger charge is -2.28. The van der Waals surface area contributed by atoms with E-state index >= 15 is 0 Å². The van der Waals surface area contributed by atoms with Crippen molar-refractivity contribution in [3.05, 3.63) is 28.2 Å². The van der Waals surface area contributed by atoms with Crippen LogP contribution in [0.2, 0.25) is 0 Å². The number of likely N-dealkylation sites (tertiary alicyclic amines) is 1. The Labute approximate surface area is 149 Å². The molecule has 1 heterocycles. The standard InChI is InChI=1S/C17H20BrN3O3/c1-17(2,3)24-16(23)21-8-4-5-14(21)15(22)20-13-7-6-11(10-19)9-12(13)18/h6-7,9,14H,4-5,8H2,1-3H3,(H,20,22)/t14-/m1/s1. The van der Waals surface area contributed by atoms with Crippen molar-refractivity contribution in [3.63, 3.8) is 0 Å². The van der Waals surface area contributed by atoms with E-state index in [9.17, 15) is 9.59 Å². The van der Waals surface area contributed by atoms with Crippen LogP contribution in [-0.2, 0) is 9.53 Å². The van der Waals surface area contributed by atoms with Crippen LogP contribution < -0.4 is 5.32 Å². The third-order valence-electron chi connectivity index (χ3n) is 3.54. The molecule has 128 valence electrons. The van der Waals surface area contributed by atoms with Crippen LogP contribution in [0.25, 0.3) is 0 Å². The summed E-state index contributed by atoms with van der Waals surface area (Å²) >= 11 is 3.34. The fraction of sp³-hybridized carbons (Fsp3) is 0.471. The molecule has 1 fully saturated rings. The minimum absolute atomic E-state index is 0.260. The average Bonchev–Trinajstić information content (AvgIpc) is 2.97. The molecule has 1 aliphatic rings. The van der Waals surface area contributed by atoms with Gasteiger partial charge in [0.2, 0.25) is 5.91 Å². The topological polar surface area (TPSA) is 82.4 Å². The number of carbonyl (C=O) groups excluding carboxylic acids is 2. The number of halogens is 1. The lowest BCUT2D eigenvalue weighted by atomic mass is 10.2. The molecule has 1 atom stereocenters. The number of nitrogens with zero attached hydrogens (tertiary/aromatic N) is 2.